The number of rotatable bonds is 11. The molecule has 0 saturated carbocycles. The monoisotopic (exact) mass is 630 g/mol. The molecule has 0 fully saturated rings. The van der Waals surface area contributed by atoms with Crippen LogP contribution in [0.5, 0.6) is 5.75 Å². The standard InChI is InChI=1S/C32H30N4O6S2/c1-21(30(37)34-24-14-16-28(17-15-24)44(33,40)41)43-27-13-7-11-25(20-27)35-32(39)29(19-22-8-6-12-26(18-22)42-2)36-31(38)23-9-4-3-5-10-23/h3-21H,1-2H3,(H,34,37)(H,35,39)(H,36,38)(H2,33,40,41)/b29-19-. The van der Waals surface area contributed by atoms with Crippen LogP contribution in [0.15, 0.2) is 119 Å². The average Bonchev–Trinajstić information content (AvgIpc) is 3.01. The van der Waals surface area contributed by atoms with Crippen molar-refractivity contribution in [3.8, 4) is 5.75 Å². The first-order chi connectivity index (χ1) is 21.0. The summed E-state index contributed by atoms with van der Waals surface area (Å²) in [5.41, 5.74) is 1.93. The number of benzene rings is 4. The van der Waals surface area contributed by atoms with Crippen molar-refractivity contribution in [2.24, 2.45) is 5.14 Å². The number of nitrogens with two attached hydrogens (primary N) is 1. The maximum Gasteiger partial charge on any atom is 0.272 e. The lowest BCUT2D eigenvalue weighted by Crippen LogP contribution is -2.30. The third kappa shape index (κ3) is 9.04. The van der Waals surface area contributed by atoms with Gasteiger partial charge in [-0.15, -0.1) is 11.8 Å². The highest BCUT2D eigenvalue weighted by Crippen LogP contribution is 2.27. The Kier molecular flexibility index (Phi) is 10.6. The summed E-state index contributed by atoms with van der Waals surface area (Å²) < 4.78 is 28.2. The van der Waals surface area contributed by atoms with Gasteiger partial charge in [-0.3, -0.25) is 14.4 Å². The molecule has 4 rings (SSSR count). The topological polar surface area (TPSA) is 157 Å². The molecule has 10 nitrogen and oxygen atoms in total. The molecule has 0 aliphatic carbocycles. The number of primary sulfonamides is 1. The van der Waals surface area contributed by atoms with Crippen LogP contribution < -0.4 is 25.8 Å². The third-order valence-electron chi connectivity index (χ3n) is 6.16. The van der Waals surface area contributed by atoms with E-state index in [1.807, 2.05) is 0 Å². The van der Waals surface area contributed by atoms with Gasteiger partial charge in [0.1, 0.15) is 11.4 Å². The molecule has 1 atom stereocenters. The lowest BCUT2D eigenvalue weighted by Gasteiger charge is -2.14. The largest absolute Gasteiger partial charge is 0.497 e. The molecule has 226 valence electrons. The van der Waals surface area contributed by atoms with Gasteiger partial charge in [0.2, 0.25) is 15.9 Å². The van der Waals surface area contributed by atoms with Crippen LogP contribution in [0.1, 0.15) is 22.8 Å². The van der Waals surface area contributed by atoms with E-state index in [1.165, 1.54) is 43.1 Å². The van der Waals surface area contributed by atoms with E-state index in [1.54, 1.807) is 91.9 Å². The second-order valence-corrected chi connectivity index (χ2v) is 12.4. The minimum atomic E-state index is -3.84. The van der Waals surface area contributed by atoms with Gasteiger partial charge >= 0.3 is 0 Å². The number of nitrogens with one attached hydrogen (secondary N) is 3. The molecule has 3 amide bonds. The Morgan fingerprint density at radius 2 is 1.55 bits per heavy atom. The summed E-state index contributed by atoms with van der Waals surface area (Å²) in [7, 11) is -2.30. The first-order valence-electron chi connectivity index (χ1n) is 13.3. The first kappa shape index (κ1) is 32.0. The van der Waals surface area contributed by atoms with Crippen LogP contribution in [0.2, 0.25) is 0 Å². The van der Waals surface area contributed by atoms with Gasteiger partial charge in [-0.05, 0) is 85.3 Å². The number of thioether (sulfide) groups is 1. The summed E-state index contributed by atoms with van der Waals surface area (Å²) in [5, 5.41) is 12.9. The molecule has 44 heavy (non-hydrogen) atoms. The predicted octanol–water partition coefficient (Wildman–Crippen LogP) is 4.87. The fourth-order valence-corrected chi connectivity index (χ4v) is 5.36. The summed E-state index contributed by atoms with van der Waals surface area (Å²) in [6, 6.07) is 28.1. The van der Waals surface area contributed by atoms with Crippen LogP contribution in [0.3, 0.4) is 0 Å². The lowest BCUT2D eigenvalue weighted by molar-refractivity contribution is -0.115. The summed E-state index contributed by atoms with van der Waals surface area (Å²) in [5.74, 6) is -0.706. The van der Waals surface area contributed by atoms with Gasteiger partial charge < -0.3 is 20.7 Å². The number of carbonyl (C=O) groups is 3. The van der Waals surface area contributed by atoms with Crippen molar-refractivity contribution in [1.29, 1.82) is 0 Å². The molecule has 0 spiro atoms. The number of carbonyl (C=O) groups excluding carboxylic acids is 3. The zero-order chi connectivity index (χ0) is 31.7. The molecule has 0 saturated heterocycles. The zero-order valence-electron chi connectivity index (χ0n) is 23.8. The number of ether oxygens (including phenoxy) is 1. The molecule has 5 N–H and O–H groups in total. The summed E-state index contributed by atoms with van der Waals surface area (Å²) in [4.78, 5) is 39.8. The molecule has 0 aliphatic heterocycles. The number of sulfonamides is 1. The maximum absolute atomic E-state index is 13.4. The van der Waals surface area contributed by atoms with Crippen molar-refractivity contribution >= 4 is 57.0 Å². The number of amides is 3. The molecule has 12 heteroatoms. The number of anilines is 2. The Morgan fingerprint density at radius 1 is 0.841 bits per heavy atom. The smallest absolute Gasteiger partial charge is 0.272 e. The van der Waals surface area contributed by atoms with E-state index in [2.05, 4.69) is 16.0 Å². The van der Waals surface area contributed by atoms with Gasteiger partial charge in [0, 0.05) is 21.8 Å². The molecule has 0 aliphatic rings. The highest BCUT2D eigenvalue weighted by molar-refractivity contribution is 8.00. The van der Waals surface area contributed by atoms with Crippen LogP contribution >= 0.6 is 11.8 Å². The van der Waals surface area contributed by atoms with Crippen LogP contribution in [0.25, 0.3) is 6.08 Å². The molecule has 0 aromatic heterocycles. The van der Waals surface area contributed by atoms with Gasteiger partial charge in [-0.1, -0.05) is 36.4 Å². The first-order valence-corrected chi connectivity index (χ1v) is 15.7. The Morgan fingerprint density at radius 3 is 2.23 bits per heavy atom. The Hall–Kier alpha value is -4.91. The third-order valence-corrected chi connectivity index (χ3v) is 8.18. The van der Waals surface area contributed by atoms with Gasteiger partial charge in [0.25, 0.3) is 11.8 Å². The molecule has 4 aromatic carbocycles. The molecular formula is C32H30N4O6S2. The second kappa shape index (κ2) is 14.5. The molecule has 0 heterocycles. The molecular weight excluding hydrogens is 601 g/mol. The lowest BCUT2D eigenvalue weighted by atomic mass is 10.1. The number of hydrogen-bond acceptors (Lipinski definition) is 7. The van der Waals surface area contributed by atoms with Crippen molar-refractivity contribution in [3.05, 3.63) is 120 Å². The van der Waals surface area contributed by atoms with Crippen LogP contribution in [-0.4, -0.2) is 38.5 Å². The molecule has 0 radical (unpaired) electrons. The van der Waals surface area contributed by atoms with Gasteiger partial charge in [-0.25, -0.2) is 13.6 Å². The predicted molar refractivity (Wildman–Crippen MR) is 172 cm³/mol. The Balaban J connectivity index is 1.47. The van der Waals surface area contributed by atoms with E-state index < -0.39 is 27.1 Å². The van der Waals surface area contributed by atoms with Crippen molar-refractivity contribution < 1.29 is 27.5 Å². The van der Waals surface area contributed by atoms with E-state index >= 15 is 0 Å². The van der Waals surface area contributed by atoms with Crippen molar-refractivity contribution in [2.75, 3.05) is 17.7 Å². The van der Waals surface area contributed by atoms with Gasteiger partial charge in [0.15, 0.2) is 0 Å². The fourth-order valence-electron chi connectivity index (χ4n) is 3.92. The van der Waals surface area contributed by atoms with Crippen LogP contribution in [-0.2, 0) is 19.6 Å². The van der Waals surface area contributed by atoms with E-state index in [4.69, 9.17) is 9.88 Å². The molecule has 0 bridgehead atoms. The zero-order valence-corrected chi connectivity index (χ0v) is 25.4. The van der Waals surface area contributed by atoms with Gasteiger partial charge in [-0.2, -0.15) is 0 Å². The molecule has 4 aromatic rings. The summed E-state index contributed by atoms with van der Waals surface area (Å²) >= 11 is 1.27. The number of methoxy groups -OCH3 is 1. The van der Waals surface area contributed by atoms with E-state index in [0.29, 0.717) is 33.1 Å². The van der Waals surface area contributed by atoms with Crippen LogP contribution in [0.4, 0.5) is 11.4 Å². The van der Waals surface area contributed by atoms with E-state index in [-0.39, 0.29) is 16.5 Å². The second-order valence-electron chi connectivity index (χ2n) is 9.46. The van der Waals surface area contributed by atoms with E-state index in [9.17, 15) is 22.8 Å². The minimum absolute atomic E-state index is 0.0198. The summed E-state index contributed by atoms with van der Waals surface area (Å²) in [6.45, 7) is 1.72. The minimum Gasteiger partial charge on any atom is -0.497 e. The highest BCUT2D eigenvalue weighted by atomic mass is 32.2. The Bertz CT molecular complexity index is 1790. The quantitative estimate of drug-likeness (QED) is 0.136. The SMILES string of the molecule is COc1cccc(/C=C(\NC(=O)c2ccccc2)C(=O)Nc2cccc(SC(C)C(=O)Nc3ccc(S(N)(=O)=O)cc3)c2)c1. The van der Waals surface area contributed by atoms with Crippen molar-refractivity contribution in [1.82, 2.24) is 5.32 Å². The van der Waals surface area contributed by atoms with E-state index in [0.717, 1.165) is 0 Å². The van der Waals surface area contributed by atoms with Gasteiger partial charge in [0.05, 0.1) is 17.3 Å². The summed E-state index contributed by atoms with van der Waals surface area (Å²) in [6.07, 6.45) is 1.55. The molecule has 1 unspecified atom stereocenters. The average molecular weight is 631 g/mol. The maximum atomic E-state index is 13.4. The fraction of sp³-hybridized carbons (Fsp3) is 0.0938. The Labute approximate surface area is 259 Å². The van der Waals surface area contributed by atoms with Crippen molar-refractivity contribution in [3.63, 3.8) is 0 Å². The van der Waals surface area contributed by atoms with Crippen LogP contribution in [0, 0.1) is 0 Å². The highest BCUT2D eigenvalue weighted by Gasteiger charge is 2.18. The van der Waals surface area contributed by atoms with Crippen molar-refractivity contribution in [2.45, 2.75) is 22.0 Å². The number of hydrogen-bond donors (Lipinski definition) is 4. The normalized spacial score (nSPS) is 12.1.